The minimum absolute atomic E-state index is 0. The van der Waals surface area contributed by atoms with Crippen LogP contribution < -0.4 is 53.7 Å². The second-order valence-electron chi connectivity index (χ2n) is 6.72. The van der Waals surface area contributed by atoms with E-state index < -0.39 is 0 Å². The first-order chi connectivity index (χ1) is 12.5. The summed E-state index contributed by atoms with van der Waals surface area (Å²) in [5, 5.41) is 0. The van der Waals surface area contributed by atoms with E-state index >= 15 is 0 Å². The topological polar surface area (TPSA) is 34.8 Å². The van der Waals surface area contributed by atoms with Crippen molar-refractivity contribution in [2.24, 2.45) is 0 Å². The van der Waals surface area contributed by atoms with E-state index in [0.29, 0.717) is 0 Å². The molecule has 0 fully saturated rings. The van der Waals surface area contributed by atoms with E-state index in [2.05, 4.69) is 33.6 Å². The van der Waals surface area contributed by atoms with Gasteiger partial charge in [0.15, 0.2) is 24.8 Å². The van der Waals surface area contributed by atoms with Gasteiger partial charge in [-0.1, -0.05) is 52.4 Å². The van der Waals surface area contributed by atoms with Crippen molar-refractivity contribution >= 4 is 11.4 Å². The van der Waals surface area contributed by atoms with Crippen LogP contribution in [0.1, 0.15) is 52.4 Å². The van der Waals surface area contributed by atoms with E-state index in [9.17, 15) is 0 Å². The van der Waals surface area contributed by atoms with Crippen LogP contribution in [0.4, 0.5) is 11.4 Å². The normalized spacial score (nSPS) is 8.64. The number of aromatic nitrogens is 2. The Bertz CT molecular complexity index is 473. The third kappa shape index (κ3) is 18.2. The Morgan fingerprint density at radius 1 is 0.571 bits per heavy atom. The molecular weight excluding hydrogens is 480 g/mol. The average Bonchev–Trinajstić information content (AvgIpc) is 2.68. The molecule has 0 saturated carbocycles. The number of rotatable bonds is 7. The average molecular weight is 520 g/mol. The molecule has 0 aliphatic rings. The monoisotopic (exact) mass is 518 g/mol. The number of hydrogen-bond donors (Lipinski definition) is 0. The van der Waals surface area contributed by atoms with Crippen LogP contribution in [-0.2, 0) is 0 Å². The Balaban J connectivity index is -0.000000324. The molecule has 0 atom stereocenters. The van der Waals surface area contributed by atoms with Crippen molar-refractivity contribution in [3.8, 4) is 0 Å². The van der Waals surface area contributed by atoms with Gasteiger partial charge in [0, 0.05) is 63.8 Å². The van der Waals surface area contributed by atoms with Crippen molar-refractivity contribution in [3.63, 3.8) is 0 Å². The fourth-order valence-corrected chi connectivity index (χ4v) is 2.21. The Morgan fingerprint density at radius 3 is 1.04 bits per heavy atom. The Labute approximate surface area is 194 Å². The quantitative estimate of drug-likeness (QED) is 0.418. The van der Waals surface area contributed by atoms with Crippen LogP contribution in [0.5, 0.6) is 0 Å². The molecule has 0 aliphatic heterocycles. The molecule has 2 N–H and O–H groups in total. The highest BCUT2D eigenvalue weighted by Crippen LogP contribution is 2.05. The van der Waals surface area contributed by atoms with Gasteiger partial charge in [-0.2, -0.15) is 0 Å². The van der Waals surface area contributed by atoms with Crippen LogP contribution in [0.15, 0.2) is 49.1 Å². The van der Waals surface area contributed by atoms with Gasteiger partial charge in [-0.05, 0) is 0 Å². The fraction of sp³-hybridized carbons (Fsp3) is 0.545. The number of halogens is 2. The van der Waals surface area contributed by atoms with Crippen LogP contribution in [0.2, 0.25) is 0 Å². The summed E-state index contributed by atoms with van der Waals surface area (Å²) in [7, 11) is 8.09. The zero-order chi connectivity index (χ0) is 19.6. The highest BCUT2D eigenvalue weighted by Gasteiger charge is 1.92. The molecule has 0 unspecified atom stereocenters. The van der Waals surface area contributed by atoms with Crippen molar-refractivity contribution in [1.82, 2.24) is 0 Å². The molecule has 2 aromatic rings. The van der Waals surface area contributed by atoms with Gasteiger partial charge in [0.25, 0.3) is 0 Å². The third-order valence-corrected chi connectivity index (χ3v) is 3.89. The van der Waals surface area contributed by atoms with E-state index in [1.165, 1.54) is 49.9 Å². The lowest BCUT2D eigenvalue weighted by Gasteiger charge is -2.08. The summed E-state index contributed by atoms with van der Waals surface area (Å²) < 4.78 is 0. The first kappa shape index (κ1) is 31.6. The summed E-state index contributed by atoms with van der Waals surface area (Å²) in [6.45, 7) is 4.51. The van der Waals surface area contributed by atoms with Crippen molar-refractivity contribution in [3.05, 3.63) is 49.1 Å². The molecule has 2 heterocycles. The zero-order valence-corrected chi connectivity index (χ0v) is 21.7. The number of nitrogens with zero attached hydrogens (tertiary/aromatic N) is 2. The molecule has 28 heavy (non-hydrogen) atoms. The molecule has 0 aliphatic carbocycles. The molecule has 0 aromatic carbocycles. The second-order valence-corrected chi connectivity index (χ2v) is 6.72. The maximum Gasteiger partial charge on any atom is 0.169 e. The minimum atomic E-state index is 0. The lowest BCUT2D eigenvalue weighted by atomic mass is 10.1. The highest BCUT2D eigenvalue weighted by molar-refractivity contribution is 5.41. The number of aromatic amines is 2. The molecule has 2 aromatic heterocycles. The largest absolute Gasteiger partial charge is 1.00 e. The molecule has 6 heteroatoms. The summed E-state index contributed by atoms with van der Waals surface area (Å²) in [5.41, 5.74) is 2.43. The molecule has 162 valence electrons. The Kier molecular flexibility index (Phi) is 25.0. The van der Waals surface area contributed by atoms with Crippen LogP contribution in [-0.4, -0.2) is 28.2 Å². The van der Waals surface area contributed by atoms with Crippen molar-refractivity contribution in [1.29, 1.82) is 0 Å². The van der Waals surface area contributed by atoms with Crippen LogP contribution in [0, 0.1) is 0 Å². The van der Waals surface area contributed by atoms with E-state index in [-0.39, 0.29) is 34.0 Å². The maximum absolute atomic E-state index is 2.96. The van der Waals surface area contributed by atoms with E-state index in [1.54, 1.807) is 0 Å². The van der Waals surface area contributed by atoms with Crippen molar-refractivity contribution in [2.45, 2.75) is 52.4 Å². The second kappa shape index (κ2) is 22.2. The van der Waals surface area contributed by atoms with Gasteiger partial charge in [-0.15, -0.1) is 0 Å². The number of anilines is 2. The van der Waals surface area contributed by atoms with E-state index in [0.717, 1.165) is 0 Å². The molecule has 0 amide bonds. The molecule has 0 spiro atoms. The number of pyridine rings is 2. The van der Waals surface area contributed by atoms with Gasteiger partial charge in [0.2, 0.25) is 0 Å². The fourth-order valence-electron chi connectivity index (χ4n) is 2.21. The zero-order valence-electron chi connectivity index (χ0n) is 18.5. The Morgan fingerprint density at radius 2 is 0.857 bits per heavy atom. The first-order valence-electron chi connectivity index (χ1n) is 9.79. The number of unbranched alkanes of at least 4 members (excludes halogenated alkanes) is 5. The minimum Gasteiger partial charge on any atom is -1.00 e. The molecule has 0 radical (unpaired) electrons. The van der Waals surface area contributed by atoms with Gasteiger partial charge in [-0.3, -0.25) is 0 Å². The van der Waals surface area contributed by atoms with Gasteiger partial charge in [0.05, 0.1) is 0 Å². The SMILES string of the molecule is CCCCCCCC.CN(C)c1cc[nH+]cc1.CN(C)c1cc[nH+]cc1.[Br-].[Br-]. The molecule has 4 nitrogen and oxygen atoms in total. The van der Waals surface area contributed by atoms with Crippen molar-refractivity contribution < 1.29 is 43.9 Å². The van der Waals surface area contributed by atoms with Crippen LogP contribution >= 0.6 is 0 Å². The summed E-state index contributed by atoms with van der Waals surface area (Å²) in [4.78, 5) is 10.0. The number of hydrogen-bond acceptors (Lipinski definition) is 2. The summed E-state index contributed by atoms with van der Waals surface area (Å²) in [6.07, 6.45) is 16.1. The van der Waals surface area contributed by atoms with Gasteiger partial charge in [0.1, 0.15) is 0 Å². The van der Waals surface area contributed by atoms with E-state index in [1.807, 2.05) is 77.2 Å². The summed E-state index contributed by atoms with van der Waals surface area (Å²) >= 11 is 0. The molecule has 2 rings (SSSR count). The first-order valence-corrected chi connectivity index (χ1v) is 9.79. The predicted molar refractivity (Wildman–Crippen MR) is 114 cm³/mol. The van der Waals surface area contributed by atoms with Crippen LogP contribution in [0.3, 0.4) is 0 Å². The maximum atomic E-state index is 2.96. The number of H-pyrrole nitrogens is 2. The smallest absolute Gasteiger partial charge is 0.169 e. The third-order valence-electron chi connectivity index (χ3n) is 3.89. The van der Waals surface area contributed by atoms with Gasteiger partial charge < -0.3 is 43.8 Å². The molecular formula is C22H40Br2N4. The number of nitrogens with one attached hydrogen (secondary N) is 2. The van der Waals surface area contributed by atoms with E-state index in [4.69, 9.17) is 0 Å². The molecule has 0 bridgehead atoms. The molecule has 0 saturated heterocycles. The van der Waals surface area contributed by atoms with Gasteiger partial charge in [-0.25, -0.2) is 9.97 Å². The lowest BCUT2D eigenvalue weighted by Crippen LogP contribution is -3.00. The lowest BCUT2D eigenvalue weighted by molar-refractivity contribution is -0.378. The van der Waals surface area contributed by atoms with Crippen molar-refractivity contribution in [2.75, 3.05) is 38.0 Å². The summed E-state index contributed by atoms with van der Waals surface area (Å²) in [5.74, 6) is 0. The highest BCUT2D eigenvalue weighted by atomic mass is 79.9. The Hall–Kier alpha value is -1.14. The predicted octanol–water partition coefficient (Wildman–Crippen LogP) is -1.49. The summed E-state index contributed by atoms with van der Waals surface area (Å²) in [6, 6.07) is 8.11. The van der Waals surface area contributed by atoms with Gasteiger partial charge >= 0.3 is 0 Å². The standard InChI is InChI=1S/C8H18.2C7H10N2.2BrH/c1-3-5-7-8-6-4-2;2*1-9(2)7-3-5-8-6-4-7;;/h3-8H2,1-2H3;2*3-6H,1-2H3;2*1H. The van der Waals surface area contributed by atoms with Crippen LogP contribution in [0.25, 0.3) is 0 Å².